The Morgan fingerprint density at radius 1 is 1.12 bits per heavy atom. The number of amides is 1. The molecule has 3 saturated heterocycles. The Balaban J connectivity index is 1.44. The van der Waals surface area contributed by atoms with Crippen LogP contribution in [0.4, 0.5) is 4.79 Å². The Morgan fingerprint density at radius 2 is 1.84 bits per heavy atom. The Labute approximate surface area is 153 Å². The topological polar surface area (TPSA) is 44.8 Å². The summed E-state index contributed by atoms with van der Waals surface area (Å²) in [6.07, 6.45) is 7.38. The summed E-state index contributed by atoms with van der Waals surface area (Å²) in [5.74, 6) is 0. The van der Waals surface area contributed by atoms with Gasteiger partial charge in [0.25, 0.3) is 0 Å². The number of hydrogen-bond acceptors (Lipinski definition) is 4. The lowest BCUT2D eigenvalue weighted by molar-refractivity contribution is 0.0115. The van der Waals surface area contributed by atoms with E-state index in [9.17, 15) is 4.79 Å². The fourth-order valence-electron chi connectivity index (χ4n) is 4.60. The summed E-state index contributed by atoms with van der Waals surface area (Å²) in [7, 11) is 0. The first-order valence-electron chi connectivity index (χ1n) is 10.2. The minimum atomic E-state index is -0.409. The number of nitrogens with zero attached hydrogens (tertiary/aromatic N) is 2. The van der Waals surface area contributed by atoms with Crippen LogP contribution in [0.5, 0.6) is 0 Å². The van der Waals surface area contributed by atoms with Crippen LogP contribution in [-0.2, 0) is 4.74 Å². The highest BCUT2D eigenvalue weighted by molar-refractivity contribution is 5.68. The van der Waals surface area contributed by atoms with Gasteiger partial charge in [-0.1, -0.05) is 13.3 Å². The fraction of sp³-hybridized carbons (Fsp3) is 0.950. The van der Waals surface area contributed by atoms with E-state index < -0.39 is 5.60 Å². The molecule has 0 aliphatic carbocycles. The minimum absolute atomic E-state index is 0.156. The van der Waals surface area contributed by atoms with Crippen molar-refractivity contribution in [3.63, 3.8) is 0 Å². The lowest BCUT2D eigenvalue weighted by atomic mass is 9.80. The van der Waals surface area contributed by atoms with Crippen molar-refractivity contribution in [2.45, 2.75) is 83.9 Å². The minimum Gasteiger partial charge on any atom is -0.444 e. The molecule has 0 radical (unpaired) electrons. The molecule has 5 nitrogen and oxygen atoms in total. The van der Waals surface area contributed by atoms with Crippen LogP contribution in [0.15, 0.2) is 0 Å². The van der Waals surface area contributed by atoms with Gasteiger partial charge in [0, 0.05) is 38.3 Å². The van der Waals surface area contributed by atoms with Gasteiger partial charge in [-0.3, -0.25) is 4.90 Å². The smallest absolute Gasteiger partial charge is 0.410 e. The van der Waals surface area contributed by atoms with Gasteiger partial charge in [-0.25, -0.2) is 4.79 Å². The van der Waals surface area contributed by atoms with Crippen molar-refractivity contribution >= 4 is 6.09 Å². The molecule has 3 heterocycles. The molecule has 0 saturated carbocycles. The highest BCUT2D eigenvalue weighted by Crippen LogP contribution is 2.33. The molecule has 3 rings (SSSR count). The van der Waals surface area contributed by atoms with Crippen LogP contribution in [-0.4, -0.2) is 66.3 Å². The molecule has 0 aromatic carbocycles. The first kappa shape index (κ1) is 19.0. The predicted molar refractivity (Wildman–Crippen MR) is 101 cm³/mol. The van der Waals surface area contributed by atoms with Crippen LogP contribution >= 0.6 is 0 Å². The number of likely N-dealkylation sites (tertiary alicyclic amines) is 1. The largest absolute Gasteiger partial charge is 0.444 e. The summed E-state index contributed by atoms with van der Waals surface area (Å²) in [6, 6.07) is 1.43. The Kier molecular flexibility index (Phi) is 5.64. The van der Waals surface area contributed by atoms with Crippen LogP contribution < -0.4 is 5.32 Å². The quantitative estimate of drug-likeness (QED) is 0.848. The van der Waals surface area contributed by atoms with E-state index in [2.05, 4.69) is 17.1 Å². The third-order valence-corrected chi connectivity index (χ3v) is 6.27. The number of rotatable bonds is 3. The molecule has 0 spiro atoms. The van der Waals surface area contributed by atoms with E-state index in [0.29, 0.717) is 11.5 Å². The highest BCUT2D eigenvalue weighted by Gasteiger charge is 2.38. The lowest BCUT2D eigenvalue weighted by Gasteiger charge is -2.41. The number of nitrogens with one attached hydrogen (secondary N) is 1. The maximum absolute atomic E-state index is 12.2. The number of fused-ring (bicyclic) bond motifs is 1. The molecule has 0 aromatic heterocycles. The molecule has 144 valence electrons. The van der Waals surface area contributed by atoms with E-state index in [1.54, 1.807) is 0 Å². The van der Waals surface area contributed by atoms with Crippen molar-refractivity contribution in [1.29, 1.82) is 0 Å². The van der Waals surface area contributed by atoms with E-state index >= 15 is 0 Å². The van der Waals surface area contributed by atoms with Crippen molar-refractivity contribution in [3.8, 4) is 0 Å². The van der Waals surface area contributed by atoms with Gasteiger partial charge in [0.2, 0.25) is 0 Å². The SMILES string of the molecule is CC1(CNC2CCN3CCCCC23)CCN(C(=O)OC(C)(C)C)CC1. The van der Waals surface area contributed by atoms with Gasteiger partial charge in [0.15, 0.2) is 0 Å². The summed E-state index contributed by atoms with van der Waals surface area (Å²) < 4.78 is 5.51. The second kappa shape index (κ2) is 7.43. The third kappa shape index (κ3) is 4.88. The average Bonchev–Trinajstić information content (AvgIpc) is 2.95. The van der Waals surface area contributed by atoms with Gasteiger partial charge >= 0.3 is 6.09 Å². The summed E-state index contributed by atoms with van der Waals surface area (Å²) in [6.45, 7) is 13.4. The van der Waals surface area contributed by atoms with E-state index in [1.807, 2.05) is 25.7 Å². The highest BCUT2D eigenvalue weighted by atomic mass is 16.6. The predicted octanol–water partition coefficient (Wildman–Crippen LogP) is 3.24. The van der Waals surface area contributed by atoms with Crippen LogP contribution in [0.25, 0.3) is 0 Å². The molecular weight excluding hydrogens is 314 g/mol. The van der Waals surface area contributed by atoms with Gasteiger partial charge < -0.3 is 15.0 Å². The van der Waals surface area contributed by atoms with Gasteiger partial charge in [-0.15, -0.1) is 0 Å². The average molecular weight is 352 g/mol. The molecule has 3 aliphatic rings. The van der Waals surface area contributed by atoms with Crippen LogP contribution in [0, 0.1) is 5.41 Å². The Hall–Kier alpha value is -0.810. The Bertz CT molecular complexity index is 466. The molecule has 0 aromatic rings. The first-order valence-corrected chi connectivity index (χ1v) is 10.2. The molecule has 1 amide bonds. The van der Waals surface area contributed by atoms with Crippen molar-refractivity contribution in [1.82, 2.24) is 15.1 Å². The van der Waals surface area contributed by atoms with E-state index in [1.165, 1.54) is 38.8 Å². The summed E-state index contributed by atoms with van der Waals surface area (Å²) in [5.41, 5.74) is -0.117. The van der Waals surface area contributed by atoms with Crippen LogP contribution in [0.1, 0.15) is 66.2 Å². The van der Waals surface area contributed by atoms with E-state index in [0.717, 1.165) is 38.5 Å². The molecule has 0 bridgehead atoms. The van der Waals surface area contributed by atoms with Gasteiger partial charge in [-0.05, 0) is 64.8 Å². The van der Waals surface area contributed by atoms with Crippen molar-refractivity contribution in [2.24, 2.45) is 5.41 Å². The van der Waals surface area contributed by atoms with Gasteiger partial charge in [-0.2, -0.15) is 0 Å². The lowest BCUT2D eigenvalue weighted by Crippen LogP contribution is -2.51. The molecule has 2 atom stereocenters. The number of carbonyl (C=O) groups is 1. The Morgan fingerprint density at radius 3 is 2.52 bits per heavy atom. The second-order valence-corrected chi connectivity index (χ2v) is 9.65. The zero-order valence-electron chi connectivity index (χ0n) is 16.6. The normalized spacial score (nSPS) is 30.2. The molecule has 1 N–H and O–H groups in total. The molecule has 2 unspecified atom stereocenters. The molecule has 3 fully saturated rings. The number of piperidine rings is 2. The fourth-order valence-corrected chi connectivity index (χ4v) is 4.60. The number of ether oxygens (including phenoxy) is 1. The van der Waals surface area contributed by atoms with Crippen LogP contribution in [0.3, 0.4) is 0 Å². The third-order valence-electron chi connectivity index (χ3n) is 6.27. The summed E-state index contributed by atoms with van der Waals surface area (Å²) in [4.78, 5) is 16.8. The van der Waals surface area contributed by atoms with Crippen molar-refractivity contribution in [3.05, 3.63) is 0 Å². The zero-order valence-corrected chi connectivity index (χ0v) is 16.6. The zero-order chi connectivity index (χ0) is 18.1. The maximum Gasteiger partial charge on any atom is 0.410 e. The van der Waals surface area contributed by atoms with Gasteiger partial charge in [0.1, 0.15) is 5.60 Å². The second-order valence-electron chi connectivity index (χ2n) is 9.65. The molecule has 25 heavy (non-hydrogen) atoms. The molecule has 5 heteroatoms. The monoisotopic (exact) mass is 351 g/mol. The standard InChI is InChI=1S/C20H37N3O2/c1-19(2,3)25-18(24)23-13-9-20(4,10-14-23)15-21-16-8-12-22-11-6-5-7-17(16)22/h16-17,21H,5-15H2,1-4H3. The van der Waals surface area contributed by atoms with E-state index in [-0.39, 0.29) is 6.09 Å². The summed E-state index contributed by atoms with van der Waals surface area (Å²) in [5, 5.41) is 3.90. The molecule has 3 aliphatic heterocycles. The molecular formula is C20H37N3O2. The van der Waals surface area contributed by atoms with Gasteiger partial charge in [0.05, 0.1) is 0 Å². The van der Waals surface area contributed by atoms with E-state index in [4.69, 9.17) is 4.74 Å². The summed E-state index contributed by atoms with van der Waals surface area (Å²) >= 11 is 0. The number of carbonyl (C=O) groups excluding carboxylic acids is 1. The number of hydrogen-bond donors (Lipinski definition) is 1. The van der Waals surface area contributed by atoms with Crippen molar-refractivity contribution in [2.75, 3.05) is 32.7 Å². The van der Waals surface area contributed by atoms with Crippen molar-refractivity contribution < 1.29 is 9.53 Å². The maximum atomic E-state index is 12.2. The van der Waals surface area contributed by atoms with Crippen LogP contribution in [0.2, 0.25) is 0 Å². The first-order chi connectivity index (χ1) is 11.8.